The van der Waals surface area contributed by atoms with Crippen LogP contribution in [0.2, 0.25) is 0 Å². The molecular weight excluding hydrogens is 258 g/mol. The van der Waals surface area contributed by atoms with Crippen LogP contribution in [-0.4, -0.2) is 53.5 Å². The monoisotopic (exact) mass is 281 g/mol. The van der Waals surface area contributed by atoms with Gasteiger partial charge in [0.15, 0.2) is 0 Å². The number of aromatic nitrogens is 2. The molecule has 2 atom stereocenters. The number of ether oxygens (including phenoxy) is 1. The Labute approximate surface area is 119 Å². The fourth-order valence-corrected chi connectivity index (χ4v) is 2.29. The second kappa shape index (κ2) is 6.71. The van der Waals surface area contributed by atoms with Crippen molar-refractivity contribution in [1.29, 1.82) is 0 Å². The number of aliphatic hydroxyl groups is 1. The first kappa shape index (κ1) is 14.8. The van der Waals surface area contributed by atoms with Crippen molar-refractivity contribution in [2.24, 2.45) is 0 Å². The third-order valence-corrected chi connectivity index (χ3v) is 3.14. The van der Waals surface area contributed by atoms with Crippen molar-refractivity contribution in [1.82, 2.24) is 9.97 Å². The van der Waals surface area contributed by atoms with E-state index in [1.54, 1.807) is 0 Å². The van der Waals surface area contributed by atoms with Crippen LogP contribution in [0.1, 0.15) is 20.3 Å². The van der Waals surface area contributed by atoms with E-state index < -0.39 is 0 Å². The second-order valence-corrected chi connectivity index (χ2v) is 5.05. The summed E-state index contributed by atoms with van der Waals surface area (Å²) >= 11 is 0. The van der Waals surface area contributed by atoms with Crippen molar-refractivity contribution < 1.29 is 9.84 Å². The third kappa shape index (κ3) is 3.71. The molecule has 7 heteroatoms. The van der Waals surface area contributed by atoms with E-state index in [0.717, 1.165) is 31.1 Å². The van der Waals surface area contributed by atoms with Gasteiger partial charge in [-0.15, -0.1) is 0 Å². The molecule has 0 spiro atoms. The molecule has 112 valence electrons. The Balaban J connectivity index is 2.16. The van der Waals surface area contributed by atoms with E-state index in [-0.39, 0.29) is 24.8 Å². The molecule has 0 aliphatic carbocycles. The number of anilines is 3. The fourth-order valence-electron chi connectivity index (χ4n) is 2.29. The molecule has 1 fully saturated rings. The van der Waals surface area contributed by atoms with Crippen LogP contribution >= 0.6 is 0 Å². The van der Waals surface area contributed by atoms with Crippen LogP contribution < -0.4 is 16.0 Å². The molecule has 0 radical (unpaired) electrons. The van der Waals surface area contributed by atoms with Crippen molar-refractivity contribution >= 4 is 17.6 Å². The number of nitrogens with one attached hydrogen (secondary N) is 1. The van der Waals surface area contributed by atoms with Crippen LogP contribution in [0, 0.1) is 0 Å². The molecule has 1 aliphatic heterocycles. The molecule has 2 heterocycles. The number of nitrogens with two attached hydrogens (primary N) is 1. The number of nitrogen functional groups attached to an aromatic ring is 1. The maximum absolute atomic E-state index is 9.28. The Morgan fingerprint density at radius 2 is 2.30 bits per heavy atom. The summed E-state index contributed by atoms with van der Waals surface area (Å²) in [5.41, 5.74) is 5.77. The number of morpholine rings is 1. The smallest absolute Gasteiger partial charge is 0.223 e. The van der Waals surface area contributed by atoms with Gasteiger partial charge in [0.2, 0.25) is 5.95 Å². The molecule has 4 N–H and O–H groups in total. The van der Waals surface area contributed by atoms with Gasteiger partial charge < -0.3 is 25.8 Å². The van der Waals surface area contributed by atoms with Gasteiger partial charge in [-0.1, -0.05) is 6.92 Å². The van der Waals surface area contributed by atoms with E-state index in [0.29, 0.717) is 6.54 Å². The van der Waals surface area contributed by atoms with Gasteiger partial charge in [-0.25, -0.2) is 0 Å². The summed E-state index contributed by atoms with van der Waals surface area (Å²) in [5, 5.41) is 12.5. The van der Waals surface area contributed by atoms with Crippen LogP contribution in [0.15, 0.2) is 6.07 Å². The van der Waals surface area contributed by atoms with Gasteiger partial charge >= 0.3 is 0 Å². The predicted octanol–water partition coefficient (Wildman–Crippen LogP) is 0.467. The normalized spacial score (nSPS) is 22.9. The highest BCUT2D eigenvalue weighted by Gasteiger charge is 2.26. The SMILES string of the molecule is CCCNc1cc(N2CC(C)OC(CO)C2)nc(N)n1. The second-order valence-electron chi connectivity index (χ2n) is 5.05. The molecule has 2 rings (SSSR count). The van der Waals surface area contributed by atoms with Crippen LogP contribution in [-0.2, 0) is 4.74 Å². The molecule has 0 amide bonds. The molecule has 0 bridgehead atoms. The zero-order chi connectivity index (χ0) is 14.5. The summed E-state index contributed by atoms with van der Waals surface area (Å²) in [7, 11) is 0. The lowest BCUT2D eigenvalue weighted by Gasteiger charge is -2.36. The Morgan fingerprint density at radius 1 is 1.50 bits per heavy atom. The Bertz CT molecular complexity index is 443. The lowest BCUT2D eigenvalue weighted by Crippen LogP contribution is -2.48. The van der Waals surface area contributed by atoms with E-state index in [1.807, 2.05) is 13.0 Å². The molecule has 0 saturated carbocycles. The highest BCUT2D eigenvalue weighted by molar-refractivity contribution is 5.53. The van der Waals surface area contributed by atoms with Crippen molar-refractivity contribution in [2.45, 2.75) is 32.5 Å². The van der Waals surface area contributed by atoms with Crippen LogP contribution in [0.4, 0.5) is 17.6 Å². The quantitative estimate of drug-likeness (QED) is 0.721. The number of aliphatic hydroxyl groups excluding tert-OH is 1. The molecule has 20 heavy (non-hydrogen) atoms. The Hall–Kier alpha value is -1.60. The molecule has 0 aromatic carbocycles. The van der Waals surface area contributed by atoms with Crippen molar-refractivity contribution in [3.05, 3.63) is 6.07 Å². The van der Waals surface area contributed by atoms with Gasteiger partial charge in [-0.3, -0.25) is 0 Å². The molecule has 2 unspecified atom stereocenters. The standard InChI is InChI=1S/C13H23N5O2/c1-3-4-15-11-5-12(17-13(14)16-11)18-6-9(2)20-10(7-18)8-19/h5,9-10,19H,3-4,6-8H2,1-2H3,(H3,14,15,16,17). The van der Waals surface area contributed by atoms with Gasteiger partial charge in [-0.05, 0) is 13.3 Å². The summed E-state index contributed by atoms with van der Waals surface area (Å²) in [4.78, 5) is 10.5. The summed E-state index contributed by atoms with van der Waals surface area (Å²) in [6.45, 7) is 6.24. The molecular formula is C13H23N5O2. The minimum absolute atomic E-state index is 0.00233. The number of hydrogen-bond donors (Lipinski definition) is 3. The van der Waals surface area contributed by atoms with E-state index in [2.05, 4.69) is 27.1 Å². The lowest BCUT2D eigenvalue weighted by molar-refractivity contribution is -0.0423. The minimum atomic E-state index is -0.193. The zero-order valence-electron chi connectivity index (χ0n) is 12.0. The number of hydrogen-bond acceptors (Lipinski definition) is 7. The molecule has 1 saturated heterocycles. The fraction of sp³-hybridized carbons (Fsp3) is 0.692. The van der Waals surface area contributed by atoms with E-state index in [9.17, 15) is 5.11 Å². The van der Waals surface area contributed by atoms with E-state index in [1.165, 1.54) is 0 Å². The van der Waals surface area contributed by atoms with Crippen molar-refractivity contribution in [2.75, 3.05) is 42.2 Å². The largest absolute Gasteiger partial charge is 0.394 e. The van der Waals surface area contributed by atoms with Crippen LogP contribution in [0.3, 0.4) is 0 Å². The maximum Gasteiger partial charge on any atom is 0.223 e. The van der Waals surface area contributed by atoms with Crippen molar-refractivity contribution in [3.63, 3.8) is 0 Å². The maximum atomic E-state index is 9.28. The summed E-state index contributed by atoms with van der Waals surface area (Å²) in [6.07, 6.45) is 0.867. The summed E-state index contributed by atoms with van der Waals surface area (Å²) in [5.74, 6) is 1.75. The first-order valence-electron chi connectivity index (χ1n) is 7.02. The Kier molecular flexibility index (Phi) is 4.97. The molecule has 1 aliphatic rings. The Morgan fingerprint density at radius 3 is 3.00 bits per heavy atom. The van der Waals surface area contributed by atoms with Gasteiger partial charge in [-0.2, -0.15) is 9.97 Å². The highest BCUT2D eigenvalue weighted by Crippen LogP contribution is 2.21. The zero-order valence-corrected chi connectivity index (χ0v) is 12.0. The number of rotatable bonds is 5. The van der Waals surface area contributed by atoms with Gasteiger partial charge in [0.1, 0.15) is 11.6 Å². The van der Waals surface area contributed by atoms with Gasteiger partial charge in [0.25, 0.3) is 0 Å². The highest BCUT2D eigenvalue weighted by atomic mass is 16.5. The van der Waals surface area contributed by atoms with Crippen LogP contribution in [0.25, 0.3) is 0 Å². The number of nitrogens with zero attached hydrogens (tertiary/aromatic N) is 3. The van der Waals surface area contributed by atoms with Gasteiger partial charge in [0, 0.05) is 25.7 Å². The van der Waals surface area contributed by atoms with E-state index in [4.69, 9.17) is 10.5 Å². The first-order chi connectivity index (χ1) is 9.62. The molecule has 7 nitrogen and oxygen atoms in total. The van der Waals surface area contributed by atoms with Crippen LogP contribution in [0.5, 0.6) is 0 Å². The van der Waals surface area contributed by atoms with E-state index >= 15 is 0 Å². The summed E-state index contributed by atoms with van der Waals surface area (Å²) in [6, 6.07) is 1.89. The summed E-state index contributed by atoms with van der Waals surface area (Å²) < 4.78 is 5.63. The van der Waals surface area contributed by atoms with Crippen molar-refractivity contribution in [3.8, 4) is 0 Å². The van der Waals surface area contributed by atoms with Gasteiger partial charge in [0.05, 0.1) is 18.8 Å². The molecule has 1 aromatic heterocycles. The average molecular weight is 281 g/mol. The third-order valence-electron chi connectivity index (χ3n) is 3.14. The predicted molar refractivity (Wildman–Crippen MR) is 78.9 cm³/mol. The first-order valence-corrected chi connectivity index (χ1v) is 7.02. The lowest BCUT2D eigenvalue weighted by atomic mass is 10.2. The molecule has 1 aromatic rings. The topological polar surface area (TPSA) is 96.5 Å². The average Bonchev–Trinajstić information content (AvgIpc) is 2.43. The minimum Gasteiger partial charge on any atom is -0.394 e.